The maximum Gasteiger partial charge on any atom is 0.333 e. The van der Waals surface area contributed by atoms with Crippen LogP contribution in [0, 0.1) is 0 Å². The molecule has 1 heterocycles. The highest BCUT2D eigenvalue weighted by atomic mass is 16.5. The Kier molecular flexibility index (Phi) is 6.80. The van der Waals surface area contributed by atoms with Crippen LogP contribution >= 0.6 is 0 Å². The van der Waals surface area contributed by atoms with Crippen molar-refractivity contribution in [3.05, 3.63) is 114 Å². The molecule has 1 aromatic heterocycles. The van der Waals surface area contributed by atoms with E-state index in [1.807, 2.05) is 42.5 Å². The largest absolute Gasteiger partial charge is 0.456 e. The number of benzene rings is 2. The zero-order valence-corrected chi connectivity index (χ0v) is 16.8. The van der Waals surface area contributed by atoms with E-state index >= 15 is 0 Å². The van der Waals surface area contributed by atoms with Crippen LogP contribution in [0.5, 0.6) is 0 Å². The van der Waals surface area contributed by atoms with E-state index in [1.54, 1.807) is 6.92 Å². The summed E-state index contributed by atoms with van der Waals surface area (Å²) in [7, 11) is 0. The maximum atomic E-state index is 12.0. The average Bonchev–Trinajstić information content (AvgIpc) is 3.03. The normalized spacial score (nSPS) is 10.5. The first-order chi connectivity index (χ1) is 14.1. The highest BCUT2D eigenvalue weighted by molar-refractivity contribution is 5.86. The number of rotatable bonds is 9. The molecule has 0 radical (unpaired) electrons. The second-order valence-electron chi connectivity index (χ2n) is 7.00. The van der Waals surface area contributed by atoms with Crippen LogP contribution in [0.15, 0.2) is 85.5 Å². The average molecular weight is 386 g/mol. The molecule has 0 aliphatic rings. The quantitative estimate of drug-likeness (QED) is 0.299. The first-order valence-electron chi connectivity index (χ1n) is 9.67. The van der Waals surface area contributed by atoms with E-state index in [9.17, 15) is 4.79 Å². The molecule has 4 nitrogen and oxygen atoms in total. The van der Waals surface area contributed by atoms with Crippen LogP contribution in [0.2, 0.25) is 0 Å². The third-order valence-electron chi connectivity index (χ3n) is 4.65. The smallest absolute Gasteiger partial charge is 0.333 e. The lowest BCUT2D eigenvalue weighted by Crippen LogP contribution is -2.13. The fraction of sp³-hybridized carbons (Fsp3) is 0.200. The molecule has 3 rings (SSSR count). The van der Waals surface area contributed by atoms with Crippen LogP contribution in [0.1, 0.15) is 35.3 Å². The predicted octanol–water partition coefficient (Wildman–Crippen LogP) is 4.87. The highest BCUT2D eigenvalue weighted by Gasteiger charge is 2.19. The lowest BCUT2D eigenvalue weighted by Gasteiger charge is -2.14. The maximum absolute atomic E-state index is 12.0. The molecule has 0 aliphatic carbocycles. The monoisotopic (exact) mass is 386 g/mol. The van der Waals surface area contributed by atoms with Gasteiger partial charge in [-0.1, -0.05) is 73.3 Å². The molecule has 0 saturated carbocycles. The van der Waals surface area contributed by atoms with Gasteiger partial charge in [0.2, 0.25) is 0 Å². The number of nitrogens with zero attached hydrogens (tertiary/aromatic N) is 2. The summed E-state index contributed by atoms with van der Waals surface area (Å²) in [5.74, 6) is 0.546. The lowest BCUT2D eigenvalue weighted by molar-refractivity contribution is -0.140. The molecule has 0 bridgehead atoms. The van der Waals surface area contributed by atoms with Gasteiger partial charge in [0.15, 0.2) is 0 Å². The van der Waals surface area contributed by atoms with Gasteiger partial charge >= 0.3 is 5.97 Å². The summed E-state index contributed by atoms with van der Waals surface area (Å²) in [4.78, 5) is 16.9. The number of imidazole rings is 1. The standard InChI is InChI=1S/C25H26N2O2/c1-4-11-22-23(18-29-25(28)19(2)3)27(17-21-14-9-6-10-15-21)24(26-22)16-20-12-7-5-8-13-20/h4-10,12-15H,1-2,11,16-18H2,3H3. The molecule has 148 valence electrons. The topological polar surface area (TPSA) is 44.1 Å². The zero-order chi connectivity index (χ0) is 20.6. The summed E-state index contributed by atoms with van der Waals surface area (Å²) >= 11 is 0. The molecular formula is C25H26N2O2. The van der Waals surface area contributed by atoms with E-state index in [1.165, 1.54) is 5.56 Å². The van der Waals surface area contributed by atoms with Crippen molar-refractivity contribution >= 4 is 5.97 Å². The molecule has 0 spiro atoms. The molecule has 0 N–H and O–H groups in total. The molecule has 0 amide bonds. The Balaban J connectivity index is 2.00. The van der Waals surface area contributed by atoms with Gasteiger partial charge in [-0.05, 0) is 18.1 Å². The second kappa shape index (κ2) is 9.69. The third-order valence-corrected chi connectivity index (χ3v) is 4.65. The Morgan fingerprint density at radius 2 is 1.69 bits per heavy atom. The fourth-order valence-electron chi connectivity index (χ4n) is 3.18. The molecule has 2 aromatic carbocycles. The van der Waals surface area contributed by atoms with Gasteiger partial charge in [0, 0.05) is 25.0 Å². The van der Waals surface area contributed by atoms with E-state index in [2.05, 4.69) is 42.0 Å². The first-order valence-corrected chi connectivity index (χ1v) is 9.67. The Hall–Kier alpha value is -3.40. The van der Waals surface area contributed by atoms with Gasteiger partial charge in [0.05, 0.1) is 11.4 Å². The van der Waals surface area contributed by atoms with Gasteiger partial charge in [0.1, 0.15) is 12.4 Å². The van der Waals surface area contributed by atoms with Crippen molar-refractivity contribution < 1.29 is 9.53 Å². The minimum absolute atomic E-state index is 0.156. The van der Waals surface area contributed by atoms with Crippen molar-refractivity contribution in [2.45, 2.75) is 32.9 Å². The molecule has 0 saturated heterocycles. The molecule has 0 fully saturated rings. The number of ether oxygens (including phenoxy) is 1. The third kappa shape index (κ3) is 5.32. The van der Waals surface area contributed by atoms with E-state index in [0.717, 1.165) is 22.8 Å². The summed E-state index contributed by atoms with van der Waals surface area (Å²) in [5.41, 5.74) is 4.51. The van der Waals surface area contributed by atoms with Crippen molar-refractivity contribution in [2.24, 2.45) is 0 Å². The van der Waals surface area contributed by atoms with Crippen molar-refractivity contribution in [1.82, 2.24) is 9.55 Å². The van der Waals surface area contributed by atoms with E-state index in [0.29, 0.717) is 25.0 Å². The summed E-state index contributed by atoms with van der Waals surface area (Å²) in [5, 5.41) is 0. The predicted molar refractivity (Wildman–Crippen MR) is 116 cm³/mol. The molecule has 3 aromatic rings. The summed E-state index contributed by atoms with van der Waals surface area (Å²) in [6, 6.07) is 20.5. The molecule has 0 unspecified atom stereocenters. The summed E-state index contributed by atoms with van der Waals surface area (Å²) in [6.07, 6.45) is 3.14. The number of carbonyl (C=O) groups excluding carboxylic acids is 1. The number of aromatic nitrogens is 2. The number of allylic oxidation sites excluding steroid dienone is 1. The van der Waals surface area contributed by atoms with Crippen LogP contribution < -0.4 is 0 Å². The van der Waals surface area contributed by atoms with Crippen LogP contribution in [-0.4, -0.2) is 15.5 Å². The summed E-state index contributed by atoms with van der Waals surface area (Å²) < 4.78 is 7.64. The van der Waals surface area contributed by atoms with Crippen molar-refractivity contribution in [1.29, 1.82) is 0 Å². The van der Waals surface area contributed by atoms with E-state index in [4.69, 9.17) is 9.72 Å². The Labute approximate surface area is 172 Å². The minimum Gasteiger partial charge on any atom is -0.456 e. The van der Waals surface area contributed by atoms with Crippen LogP contribution in [-0.2, 0) is 35.5 Å². The molecular weight excluding hydrogens is 360 g/mol. The van der Waals surface area contributed by atoms with Gasteiger partial charge < -0.3 is 9.30 Å². The number of hydrogen-bond donors (Lipinski definition) is 0. The van der Waals surface area contributed by atoms with Gasteiger partial charge in [-0.25, -0.2) is 9.78 Å². The molecule has 0 aliphatic heterocycles. The molecule has 4 heteroatoms. The Morgan fingerprint density at radius 1 is 1.07 bits per heavy atom. The minimum atomic E-state index is -0.397. The van der Waals surface area contributed by atoms with Gasteiger partial charge in [-0.2, -0.15) is 0 Å². The van der Waals surface area contributed by atoms with Gasteiger partial charge in [0.25, 0.3) is 0 Å². The Bertz CT molecular complexity index is 988. The van der Waals surface area contributed by atoms with Crippen LogP contribution in [0.3, 0.4) is 0 Å². The van der Waals surface area contributed by atoms with Crippen molar-refractivity contribution in [3.63, 3.8) is 0 Å². The van der Waals surface area contributed by atoms with Crippen molar-refractivity contribution in [2.75, 3.05) is 0 Å². The van der Waals surface area contributed by atoms with E-state index in [-0.39, 0.29) is 6.61 Å². The fourth-order valence-corrected chi connectivity index (χ4v) is 3.18. The van der Waals surface area contributed by atoms with Gasteiger partial charge in [-0.15, -0.1) is 6.58 Å². The number of carbonyl (C=O) groups is 1. The van der Waals surface area contributed by atoms with E-state index < -0.39 is 5.97 Å². The molecule has 0 atom stereocenters. The molecule has 29 heavy (non-hydrogen) atoms. The SMILES string of the molecule is C=CCc1nc(Cc2ccccc2)n(Cc2ccccc2)c1COC(=O)C(=C)C. The zero-order valence-electron chi connectivity index (χ0n) is 16.8. The first kappa shape index (κ1) is 20.3. The lowest BCUT2D eigenvalue weighted by atomic mass is 10.1. The van der Waals surface area contributed by atoms with Crippen molar-refractivity contribution in [3.8, 4) is 0 Å². The van der Waals surface area contributed by atoms with Crippen LogP contribution in [0.4, 0.5) is 0 Å². The number of hydrogen-bond acceptors (Lipinski definition) is 3. The highest BCUT2D eigenvalue weighted by Crippen LogP contribution is 2.20. The summed E-state index contributed by atoms with van der Waals surface area (Å²) in [6.45, 7) is 9.98. The second-order valence-corrected chi connectivity index (χ2v) is 7.00. The van der Waals surface area contributed by atoms with Crippen LogP contribution in [0.25, 0.3) is 0 Å². The Morgan fingerprint density at radius 3 is 2.28 bits per heavy atom. The number of esters is 1. The van der Waals surface area contributed by atoms with Gasteiger partial charge in [-0.3, -0.25) is 0 Å².